The number of rotatable bonds is 6. The van der Waals surface area contributed by atoms with Crippen LogP contribution in [0, 0.1) is 5.41 Å². The highest BCUT2D eigenvalue weighted by atomic mass is 16.5. The van der Waals surface area contributed by atoms with Crippen LogP contribution in [-0.4, -0.2) is 50.7 Å². The summed E-state index contributed by atoms with van der Waals surface area (Å²) in [5.74, 6) is 0.211. The van der Waals surface area contributed by atoms with Gasteiger partial charge >= 0.3 is 0 Å². The monoisotopic (exact) mass is 240 g/mol. The lowest BCUT2D eigenvalue weighted by Crippen LogP contribution is -2.51. The number of ether oxygens (including phenoxy) is 1. The molecule has 0 aromatic heterocycles. The molecule has 1 fully saturated rings. The van der Waals surface area contributed by atoms with E-state index in [-0.39, 0.29) is 11.3 Å². The van der Waals surface area contributed by atoms with Crippen molar-refractivity contribution >= 4 is 5.91 Å². The quantitative estimate of drug-likeness (QED) is 0.705. The number of carbonyl (C=O) groups is 1. The molecule has 98 valence electrons. The van der Waals surface area contributed by atoms with Gasteiger partial charge in [-0.05, 0) is 32.9 Å². The van der Waals surface area contributed by atoms with E-state index in [0.29, 0.717) is 13.2 Å². The molecule has 0 saturated carbocycles. The second kappa shape index (κ2) is 6.77. The molecule has 0 spiro atoms. The van der Waals surface area contributed by atoms with Crippen molar-refractivity contribution in [3.63, 3.8) is 0 Å². The third-order valence-electron chi connectivity index (χ3n) is 3.45. The number of piperidine rings is 1. The Labute approximate surface area is 104 Å². The molecule has 0 aliphatic carbocycles. The van der Waals surface area contributed by atoms with E-state index in [9.17, 15) is 4.79 Å². The summed E-state index contributed by atoms with van der Waals surface area (Å²) in [5.41, 5.74) is -0.334. The minimum Gasteiger partial charge on any atom is -0.384 e. The SMILES string of the molecule is C=CCN(CC)C(=O)C1(COC)CCNCC1. The zero-order valence-corrected chi connectivity index (χ0v) is 11.0. The van der Waals surface area contributed by atoms with Gasteiger partial charge in [0, 0.05) is 20.2 Å². The van der Waals surface area contributed by atoms with E-state index < -0.39 is 0 Å². The molecular weight excluding hydrogens is 216 g/mol. The molecule has 1 rings (SSSR count). The number of nitrogens with one attached hydrogen (secondary N) is 1. The number of carbonyl (C=O) groups excluding carboxylic acids is 1. The standard InChI is InChI=1S/C13H24N2O2/c1-4-10-15(5-2)12(16)13(11-17-3)6-8-14-9-7-13/h4,14H,1,5-11H2,2-3H3. The fourth-order valence-corrected chi connectivity index (χ4v) is 2.45. The Morgan fingerprint density at radius 1 is 1.53 bits per heavy atom. The summed E-state index contributed by atoms with van der Waals surface area (Å²) in [4.78, 5) is 14.5. The topological polar surface area (TPSA) is 41.6 Å². The molecular formula is C13H24N2O2. The van der Waals surface area contributed by atoms with Gasteiger partial charge in [-0.15, -0.1) is 6.58 Å². The van der Waals surface area contributed by atoms with Crippen LogP contribution in [0.25, 0.3) is 0 Å². The normalized spacial score (nSPS) is 18.7. The van der Waals surface area contributed by atoms with E-state index in [1.54, 1.807) is 13.2 Å². The molecule has 4 heteroatoms. The molecule has 1 aliphatic rings. The predicted molar refractivity (Wildman–Crippen MR) is 68.9 cm³/mol. The highest BCUT2D eigenvalue weighted by molar-refractivity contribution is 5.83. The Kier molecular flexibility index (Phi) is 5.65. The van der Waals surface area contributed by atoms with E-state index in [1.807, 2.05) is 11.8 Å². The van der Waals surface area contributed by atoms with Crippen LogP contribution in [0.4, 0.5) is 0 Å². The number of hydrogen-bond acceptors (Lipinski definition) is 3. The van der Waals surface area contributed by atoms with E-state index in [0.717, 1.165) is 32.5 Å². The highest BCUT2D eigenvalue weighted by Gasteiger charge is 2.41. The number of hydrogen-bond donors (Lipinski definition) is 1. The van der Waals surface area contributed by atoms with E-state index in [2.05, 4.69) is 11.9 Å². The van der Waals surface area contributed by atoms with Gasteiger partial charge in [0.05, 0.1) is 12.0 Å². The van der Waals surface area contributed by atoms with Crippen molar-refractivity contribution in [2.24, 2.45) is 5.41 Å². The van der Waals surface area contributed by atoms with E-state index in [1.165, 1.54) is 0 Å². The molecule has 0 radical (unpaired) electrons. The van der Waals surface area contributed by atoms with Crippen LogP contribution in [0.3, 0.4) is 0 Å². The predicted octanol–water partition coefficient (Wildman–Crippen LogP) is 1.04. The average molecular weight is 240 g/mol. The smallest absolute Gasteiger partial charge is 0.231 e. The summed E-state index contributed by atoms with van der Waals surface area (Å²) in [5, 5.41) is 3.30. The lowest BCUT2D eigenvalue weighted by atomic mass is 9.78. The molecule has 0 unspecified atom stereocenters. The van der Waals surface area contributed by atoms with Gasteiger partial charge in [0.15, 0.2) is 0 Å². The molecule has 17 heavy (non-hydrogen) atoms. The van der Waals surface area contributed by atoms with Crippen molar-refractivity contribution in [3.05, 3.63) is 12.7 Å². The van der Waals surface area contributed by atoms with Crippen molar-refractivity contribution in [1.29, 1.82) is 0 Å². The maximum Gasteiger partial charge on any atom is 0.231 e. The zero-order valence-electron chi connectivity index (χ0n) is 11.0. The van der Waals surface area contributed by atoms with Crippen LogP contribution in [0.5, 0.6) is 0 Å². The van der Waals surface area contributed by atoms with Gasteiger partial charge in [-0.2, -0.15) is 0 Å². The Bertz CT molecular complexity index is 255. The Hall–Kier alpha value is -0.870. The van der Waals surface area contributed by atoms with Crippen LogP contribution in [0.15, 0.2) is 12.7 Å². The van der Waals surface area contributed by atoms with Gasteiger partial charge in [0.2, 0.25) is 5.91 Å². The van der Waals surface area contributed by atoms with Gasteiger partial charge < -0.3 is 15.0 Å². The molecule has 1 heterocycles. The Morgan fingerprint density at radius 2 is 2.18 bits per heavy atom. The van der Waals surface area contributed by atoms with Crippen LogP contribution in [0.2, 0.25) is 0 Å². The molecule has 1 aliphatic heterocycles. The lowest BCUT2D eigenvalue weighted by molar-refractivity contribution is -0.146. The molecule has 0 aromatic rings. The first-order valence-corrected chi connectivity index (χ1v) is 6.30. The van der Waals surface area contributed by atoms with Crippen molar-refractivity contribution < 1.29 is 9.53 Å². The van der Waals surface area contributed by atoms with Crippen LogP contribution < -0.4 is 5.32 Å². The lowest BCUT2D eigenvalue weighted by Gasteiger charge is -2.39. The third-order valence-corrected chi connectivity index (χ3v) is 3.45. The molecule has 0 bridgehead atoms. The van der Waals surface area contributed by atoms with Crippen molar-refractivity contribution in [2.45, 2.75) is 19.8 Å². The van der Waals surface area contributed by atoms with Crippen LogP contribution in [-0.2, 0) is 9.53 Å². The maximum atomic E-state index is 12.6. The summed E-state index contributed by atoms with van der Waals surface area (Å²) < 4.78 is 5.28. The van der Waals surface area contributed by atoms with Gasteiger partial charge in [0.25, 0.3) is 0 Å². The summed E-state index contributed by atoms with van der Waals surface area (Å²) >= 11 is 0. The fourth-order valence-electron chi connectivity index (χ4n) is 2.45. The second-order valence-electron chi connectivity index (χ2n) is 4.60. The van der Waals surface area contributed by atoms with E-state index in [4.69, 9.17) is 4.74 Å². The van der Waals surface area contributed by atoms with Crippen molar-refractivity contribution in [2.75, 3.05) is 39.9 Å². The number of nitrogens with zero attached hydrogens (tertiary/aromatic N) is 1. The van der Waals surface area contributed by atoms with Crippen LogP contribution in [0.1, 0.15) is 19.8 Å². The Morgan fingerprint density at radius 3 is 2.65 bits per heavy atom. The van der Waals surface area contributed by atoms with Gasteiger partial charge in [-0.3, -0.25) is 4.79 Å². The first kappa shape index (κ1) is 14.2. The summed E-state index contributed by atoms with van der Waals surface area (Å²) in [6.45, 7) is 9.35. The molecule has 1 saturated heterocycles. The molecule has 1 N–H and O–H groups in total. The molecule has 0 atom stereocenters. The first-order chi connectivity index (χ1) is 8.20. The largest absolute Gasteiger partial charge is 0.384 e. The van der Waals surface area contributed by atoms with Gasteiger partial charge in [-0.25, -0.2) is 0 Å². The van der Waals surface area contributed by atoms with Crippen molar-refractivity contribution in [3.8, 4) is 0 Å². The van der Waals surface area contributed by atoms with Gasteiger partial charge in [-0.1, -0.05) is 6.08 Å². The molecule has 0 aromatic carbocycles. The highest BCUT2D eigenvalue weighted by Crippen LogP contribution is 2.31. The van der Waals surface area contributed by atoms with Gasteiger partial charge in [0.1, 0.15) is 0 Å². The number of likely N-dealkylation sites (N-methyl/N-ethyl adjacent to an activating group) is 1. The van der Waals surface area contributed by atoms with E-state index >= 15 is 0 Å². The fraction of sp³-hybridized carbons (Fsp3) is 0.769. The number of amides is 1. The zero-order chi connectivity index (χ0) is 12.7. The summed E-state index contributed by atoms with van der Waals surface area (Å²) in [7, 11) is 1.67. The third kappa shape index (κ3) is 3.30. The second-order valence-corrected chi connectivity index (χ2v) is 4.60. The molecule has 1 amide bonds. The Balaban J connectivity index is 2.80. The maximum absolute atomic E-state index is 12.6. The first-order valence-electron chi connectivity index (χ1n) is 6.30. The summed E-state index contributed by atoms with van der Waals surface area (Å²) in [6, 6.07) is 0. The average Bonchev–Trinajstić information content (AvgIpc) is 2.36. The number of methoxy groups -OCH3 is 1. The van der Waals surface area contributed by atoms with Crippen molar-refractivity contribution in [1.82, 2.24) is 10.2 Å². The molecule has 4 nitrogen and oxygen atoms in total. The summed E-state index contributed by atoms with van der Waals surface area (Å²) in [6.07, 6.45) is 3.49. The minimum absolute atomic E-state index is 0.211. The minimum atomic E-state index is -0.334. The van der Waals surface area contributed by atoms with Crippen LogP contribution >= 0.6 is 0 Å².